The Kier molecular flexibility index (Phi) is 4.26. The van der Waals surface area contributed by atoms with Gasteiger partial charge in [-0.2, -0.15) is 0 Å². The highest BCUT2D eigenvalue weighted by Gasteiger charge is 2.28. The summed E-state index contributed by atoms with van der Waals surface area (Å²) in [7, 11) is 0. The van der Waals surface area contributed by atoms with E-state index in [9.17, 15) is 14.9 Å². The molecule has 0 unspecified atom stereocenters. The molecule has 0 spiro atoms. The molecule has 1 atom stereocenters. The lowest BCUT2D eigenvalue weighted by Crippen LogP contribution is -2.45. The minimum absolute atomic E-state index is 0.130. The van der Waals surface area contributed by atoms with Crippen molar-refractivity contribution in [1.82, 2.24) is 0 Å². The first-order valence-electron chi connectivity index (χ1n) is 5.94. The van der Waals surface area contributed by atoms with Gasteiger partial charge in [-0.05, 0) is 24.0 Å². The summed E-state index contributed by atoms with van der Waals surface area (Å²) in [4.78, 5) is 22.4. The van der Waals surface area contributed by atoms with Gasteiger partial charge < -0.3 is 11.1 Å². The zero-order chi connectivity index (χ0) is 14.8. The monoisotopic (exact) mass is 265 g/mol. The first kappa shape index (κ1) is 15.1. The molecule has 0 aliphatic carbocycles. The molecule has 0 aromatic heterocycles. The molecule has 0 heterocycles. The van der Waals surface area contributed by atoms with Crippen molar-refractivity contribution in [2.75, 3.05) is 5.32 Å². The molecule has 0 saturated heterocycles. The van der Waals surface area contributed by atoms with E-state index in [-0.39, 0.29) is 11.4 Å². The molecule has 0 aliphatic rings. The molecule has 19 heavy (non-hydrogen) atoms. The summed E-state index contributed by atoms with van der Waals surface area (Å²) in [6, 6.07) is 3.89. The molecule has 6 heteroatoms. The zero-order valence-electron chi connectivity index (χ0n) is 11.6. The average Bonchev–Trinajstić information content (AvgIpc) is 2.28. The number of hydrogen-bond donors (Lipinski definition) is 2. The van der Waals surface area contributed by atoms with E-state index >= 15 is 0 Å². The number of rotatable bonds is 3. The van der Waals surface area contributed by atoms with E-state index < -0.39 is 22.3 Å². The molecule has 104 valence electrons. The normalized spacial score (nSPS) is 12.9. The Morgan fingerprint density at radius 1 is 1.42 bits per heavy atom. The zero-order valence-corrected chi connectivity index (χ0v) is 11.6. The maximum Gasteiger partial charge on any atom is 0.293 e. The molecule has 1 amide bonds. The van der Waals surface area contributed by atoms with Crippen molar-refractivity contribution < 1.29 is 9.72 Å². The molecule has 1 aromatic rings. The van der Waals surface area contributed by atoms with Gasteiger partial charge in [0.15, 0.2) is 0 Å². The number of amides is 1. The number of nitro benzene ring substituents is 1. The number of aryl methyl sites for hydroxylation is 1. The number of nitrogens with one attached hydrogen (secondary N) is 1. The minimum Gasteiger partial charge on any atom is -0.319 e. The Bertz CT molecular complexity index is 506. The van der Waals surface area contributed by atoms with Gasteiger partial charge in [-0.25, -0.2) is 0 Å². The molecule has 0 fully saturated rings. The lowest BCUT2D eigenvalue weighted by Gasteiger charge is -2.25. The van der Waals surface area contributed by atoms with E-state index in [1.807, 2.05) is 20.8 Å². The van der Waals surface area contributed by atoms with Crippen molar-refractivity contribution in [3.8, 4) is 0 Å². The molecule has 1 aromatic carbocycles. The standard InChI is InChI=1S/C13H19N3O3/c1-8-5-6-9(10(7-8)16(18)19)15-12(17)11(14)13(2,3)4/h5-7,11H,14H2,1-4H3,(H,15,17)/t11-/m0/s1. The van der Waals surface area contributed by atoms with E-state index in [2.05, 4.69) is 5.32 Å². The fraction of sp³-hybridized carbons (Fsp3) is 0.462. The van der Waals surface area contributed by atoms with Gasteiger partial charge >= 0.3 is 0 Å². The van der Waals surface area contributed by atoms with E-state index in [1.165, 1.54) is 12.1 Å². The number of carbonyl (C=O) groups is 1. The summed E-state index contributed by atoms with van der Waals surface area (Å²) < 4.78 is 0. The van der Waals surface area contributed by atoms with Gasteiger partial charge in [0.1, 0.15) is 5.69 Å². The number of anilines is 1. The number of benzene rings is 1. The highest BCUT2D eigenvalue weighted by Crippen LogP contribution is 2.26. The molecule has 0 bridgehead atoms. The Balaban J connectivity index is 3.00. The van der Waals surface area contributed by atoms with Gasteiger partial charge in [-0.15, -0.1) is 0 Å². The topological polar surface area (TPSA) is 98.3 Å². The largest absolute Gasteiger partial charge is 0.319 e. The molecule has 1 rings (SSSR count). The van der Waals surface area contributed by atoms with Crippen molar-refractivity contribution in [1.29, 1.82) is 0 Å². The fourth-order valence-corrected chi connectivity index (χ4v) is 1.50. The van der Waals surface area contributed by atoms with Crippen LogP contribution in [0.1, 0.15) is 26.3 Å². The number of nitrogens with zero attached hydrogens (tertiary/aromatic N) is 1. The van der Waals surface area contributed by atoms with Crippen LogP contribution in [0.4, 0.5) is 11.4 Å². The Labute approximate surface area is 112 Å². The van der Waals surface area contributed by atoms with Crippen LogP contribution in [0.15, 0.2) is 18.2 Å². The van der Waals surface area contributed by atoms with Crippen molar-refractivity contribution in [2.24, 2.45) is 11.1 Å². The summed E-state index contributed by atoms with van der Waals surface area (Å²) >= 11 is 0. The summed E-state index contributed by atoms with van der Waals surface area (Å²) in [5, 5.41) is 13.5. The Morgan fingerprint density at radius 2 is 2.00 bits per heavy atom. The molecule has 0 aliphatic heterocycles. The predicted molar refractivity (Wildman–Crippen MR) is 73.9 cm³/mol. The van der Waals surface area contributed by atoms with Crippen LogP contribution in [-0.4, -0.2) is 16.9 Å². The van der Waals surface area contributed by atoms with Gasteiger partial charge in [0.2, 0.25) is 5.91 Å². The third-order valence-corrected chi connectivity index (χ3v) is 2.82. The SMILES string of the molecule is Cc1ccc(NC(=O)[C@H](N)C(C)(C)C)c([N+](=O)[O-])c1. The summed E-state index contributed by atoms with van der Waals surface area (Å²) in [6.45, 7) is 7.25. The third-order valence-electron chi connectivity index (χ3n) is 2.82. The van der Waals surface area contributed by atoms with Crippen LogP contribution in [0.25, 0.3) is 0 Å². The van der Waals surface area contributed by atoms with Crippen LogP contribution in [0.5, 0.6) is 0 Å². The summed E-state index contributed by atoms with van der Waals surface area (Å²) in [5.41, 5.74) is 6.19. The second kappa shape index (κ2) is 5.36. The van der Waals surface area contributed by atoms with E-state index in [4.69, 9.17) is 5.73 Å². The quantitative estimate of drug-likeness (QED) is 0.646. The molecular formula is C13H19N3O3. The van der Waals surface area contributed by atoms with Gasteiger partial charge in [0, 0.05) is 6.07 Å². The van der Waals surface area contributed by atoms with Crippen LogP contribution in [0, 0.1) is 22.5 Å². The van der Waals surface area contributed by atoms with Crippen LogP contribution < -0.4 is 11.1 Å². The third kappa shape index (κ3) is 3.75. The van der Waals surface area contributed by atoms with Crippen molar-refractivity contribution >= 4 is 17.3 Å². The van der Waals surface area contributed by atoms with Gasteiger partial charge in [-0.1, -0.05) is 26.8 Å². The van der Waals surface area contributed by atoms with Gasteiger partial charge in [0.25, 0.3) is 5.69 Å². The molecule has 0 saturated carbocycles. The minimum atomic E-state index is -0.742. The number of nitrogens with two attached hydrogens (primary N) is 1. The van der Waals surface area contributed by atoms with Crippen LogP contribution in [0.3, 0.4) is 0 Å². The fourth-order valence-electron chi connectivity index (χ4n) is 1.50. The number of hydrogen-bond acceptors (Lipinski definition) is 4. The number of nitro groups is 1. The molecule has 3 N–H and O–H groups in total. The second-order valence-electron chi connectivity index (χ2n) is 5.61. The first-order chi connectivity index (χ1) is 8.62. The Morgan fingerprint density at radius 3 is 2.47 bits per heavy atom. The maximum atomic E-state index is 12.0. The first-order valence-corrected chi connectivity index (χ1v) is 5.94. The highest BCUT2D eigenvalue weighted by atomic mass is 16.6. The van der Waals surface area contributed by atoms with E-state index in [0.717, 1.165) is 5.56 Å². The van der Waals surface area contributed by atoms with Crippen LogP contribution in [-0.2, 0) is 4.79 Å². The molecule has 6 nitrogen and oxygen atoms in total. The average molecular weight is 265 g/mol. The summed E-state index contributed by atoms with van der Waals surface area (Å²) in [5.74, 6) is -0.431. The van der Waals surface area contributed by atoms with Crippen LogP contribution >= 0.6 is 0 Å². The molecule has 0 radical (unpaired) electrons. The highest BCUT2D eigenvalue weighted by molar-refractivity contribution is 5.97. The van der Waals surface area contributed by atoms with Crippen molar-refractivity contribution in [3.05, 3.63) is 33.9 Å². The smallest absolute Gasteiger partial charge is 0.293 e. The maximum absolute atomic E-state index is 12.0. The van der Waals surface area contributed by atoms with Crippen LogP contribution in [0.2, 0.25) is 0 Å². The number of carbonyl (C=O) groups excluding carboxylic acids is 1. The lowest BCUT2D eigenvalue weighted by molar-refractivity contribution is -0.384. The van der Waals surface area contributed by atoms with E-state index in [0.29, 0.717) is 0 Å². The Hall–Kier alpha value is -1.95. The van der Waals surface area contributed by atoms with E-state index in [1.54, 1.807) is 13.0 Å². The summed E-state index contributed by atoms with van der Waals surface area (Å²) in [6.07, 6.45) is 0. The predicted octanol–water partition coefficient (Wildman–Crippen LogP) is 2.22. The molecular weight excluding hydrogens is 246 g/mol. The second-order valence-corrected chi connectivity index (χ2v) is 5.61. The van der Waals surface area contributed by atoms with Crippen molar-refractivity contribution in [3.63, 3.8) is 0 Å². The van der Waals surface area contributed by atoms with Gasteiger partial charge in [0.05, 0.1) is 11.0 Å². The van der Waals surface area contributed by atoms with Gasteiger partial charge in [-0.3, -0.25) is 14.9 Å². The lowest BCUT2D eigenvalue weighted by atomic mass is 9.87. The van der Waals surface area contributed by atoms with Crippen molar-refractivity contribution in [2.45, 2.75) is 33.7 Å².